The molecule has 0 bridgehead atoms. The van der Waals surface area contributed by atoms with Crippen molar-refractivity contribution < 1.29 is 10.0 Å². The molecule has 130 valence electrons. The van der Waals surface area contributed by atoms with Crippen LogP contribution < -0.4 is 5.48 Å². The van der Waals surface area contributed by atoms with Gasteiger partial charge in [-0.05, 0) is 35.9 Å². The first-order chi connectivity index (χ1) is 13.2. The molecule has 0 aliphatic carbocycles. The Balaban J connectivity index is 1.70. The van der Waals surface area contributed by atoms with Crippen molar-refractivity contribution in [2.75, 3.05) is 0 Å². The predicted octanol–water partition coefficient (Wildman–Crippen LogP) is 3.14. The Kier molecular flexibility index (Phi) is 4.35. The quantitative estimate of drug-likeness (QED) is 0.293. The number of hydroxylamine groups is 1. The summed E-state index contributed by atoms with van der Waals surface area (Å²) < 4.78 is 0. The van der Waals surface area contributed by atoms with Crippen molar-refractivity contribution in [3.05, 3.63) is 83.9 Å². The molecule has 6 nitrogen and oxygen atoms in total. The second-order valence-corrected chi connectivity index (χ2v) is 5.83. The Labute approximate surface area is 154 Å². The predicted molar refractivity (Wildman–Crippen MR) is 101 cm³/mol. The van der Waals surface area contributed by atoms with E-state index in [9.17, 15) is 4.79 Å². The second kappa shape index (κ2) is 7.12. The van der Waals surface area contributed by atoms with Gasteiger partial charge in [-0.1, -0.05) is 24.0 Å². The van der Waals surface area contributed by atoms with E-state index in [0.717, 1.165) is 33.3 Å². The molecule has 27 heavy (non-hydrogen) atoms. The molecule has 0 saturated heterocycles. The van der Waals surface area contributed by atoms with E-state index in [2.05, 4.69) is 26.8 Å². The summed E-state index contributed by atoms with van der Waals surface area (Å²) in [5.74, 6) is 5.70. The van der Waals surface area contributed by atoms with Crippen LogP contribution in [0.15, 0.2) is 67.3 Å². The molecule has 1 amide bonds. The van der Waals surface area contributed by atoms with Crippen LogP contribution in [0.3, 0.4) is 0 Å². The fourth-order valence-electron chi connectivity index (χ4n) is 2.72. The lowest BCUT2D eigenvalue weighted by atomic mass is 10.0. The maximum absolute atomic E-state index is 11.4. The number of nitrogens with zero attached hydrogens (tertiary/aromatic N) is 2. The van der Waals surface area contributed by atoms with Crippen molar-refractivity contribution in [3.63, 3.8) is 0 Å². The van der Waals surface area contributed by atoms with Crippen molar-refractivity contribution in [3.8, 4) is 23.0 Å². The van der Waals surface area contributed by atoms with Crippen molar-refractivity contribution in [2.24, 2.45) is 0 Å². The molecular formula is C21H14N4O2. The summed E-state index contributed by atoms with van der Waals surface area (Å²) in [5.41, 5.74) is 6.25. The SMILES string of the molecule is O=C(NO)c1ccc(-c2cnc3[nH]cc(C#Cc4cccnc4)c3c2)cc1. The van der Waals surface area contributed by atoms with E-state index in [-0.39, 0.29) is 0 Å². The van der Waals surface area contributed by atoms with Crippen LogP contribution in [-0.4, -0.2) is 26.1 Å². The first kappa shape index (κ1) is 16.5. The highest BCUT2D eigenvalue weighted by Crippen LogP contribution is 2.24. The largest absolute Gasteiger partial charge is 0.345 e. The highest BCUT2D eigenvalue weighted by atomic mass is 16.5. The fourth-order valence-corrected chi connectivity index (χ4v) is 2.72. The van der Waals surface area contributed by atoms with E-state index in [1.807, 2.05) is 24.4 Å². The number of fused-ring (bicyclic) bond motifs is 1. The van der Waals surface area contributed by atoms with Crippen molar-refractivity contribution >= 4 is 16.9 Å². The minimum Gasteiger partial charge on any atom is -0.345 e. The van der Waals surface area contributed by atoms with Crippen molar-refractivity contribution in [1.82, 2.24) is 20.4 Å². The van der Waals surface area contributed by atoms with Gasteiger partial charge in [0.05, 0.1) is 5.56 Å². The lowest BCUT2D eigenvalue weighted by Gasteiger charge is -2.04. The monoisotopic (exact) mass is 354 g/mol. The summed E-state index contributed by atoms with van der Waals surface area (Å²) in [6.45, 7) is 0. The average Bonchev–Trinajstić information content (AvgIpc) is 3.15. The molecule has 0 spiro atoms. The number of aromatic nitrogens is 3. The maximum atomic E-state index is 11.4. The fraction of sp³-hybridized carbons (Fsp3) is 0. The Morgan fingerprint density at radius 3 is 2.67 bits per heavy atom. The lowest BCUT2D eigenvalue weighted by molar-refractivity contribution is 0.0706. The number of carbonyl (C=O) groups is 1. The second-order valence-electron chi connectivity index (χ2n) is 5.83. The van der Waals surface area contributed by atoms with Gasteiger partial charge in [-0.25, -0.2) is 10.5 Å². The molecule has 1 aromatic carbocycles. The van der Waals surface area contributed by atoms with E-state index in [1.165, 1.54) is 0 Å². The first-order valence-electron chi connectivity index (χ1n) is 8.18. The zero-order chi connectivity index (χ0) is 18.6. The number of amides is 1. The van der Waals surface area contributed by atoms with Gasteiger partial charge in [0.25, 0.3) is 5.91 Å². The summed E-state index contributed by atoms with van der Waals surface area (Å²) in [6.07, 6.45) is 7.02. The Morgan fingerprint density at radius 1 is 1.07 bits per heavy atom. The van der Waals surface area contributed by atoms with Crippen LogP contribution in [0.5, 0.6) is 0 Å². The minimum atomic E-state index is -0.547. The van der Waals surface area contributed by atoms with Gasteiger partial charge in [0.1, 0.15) is 5.65 Å². The van der Waals surface area contributed by atoms with Gasteiger partial charge in [0, 0.05) is 46.9 Å². The van der Waals surface area contributed by atoms with Gasteiger partial charge in [-0.3, -0.25) is 15.0 Å². The van der Waals surface area contributed by atoms with E-state index < -0.39 is 5.91 Å². The van der Waals surface area contributed by atoms with Gasteiger partial charge in [-0.2, -0.15) is 0 Å². The van der Waals surface area contributed by atoms with Crippen LogP contribution in [0.25, 0.3) is 22.2 Å². The van der Waals surface area contributed by atoms with Gasteiger partial charge in [-0.15, -0.1) is 0 Å². The molecule has 6 heteroatoms. The molecule has 0 radical (unpaired) electrons. The third-order valence-corrected chi connectivity index (χ3v) is 4.12. The van der Waals surface area contributed by atoms with Crippen LogP contribution in [0.2, 0.25) is 0 Å². The van der Waals surface area contributed by atoms with Crippen LogP contribution >= 0.6 is 0 Å². The summed E-state index contributed by atoms with van der Waals surface area (Å²) in [6, 6.07) is 12.7. The number of aromatic amines is 1. The molecule has 0 fully saturated rings. The van der Waals surface area contributed by atoms with Crippen LogP contribution in [-0.2, 0) is 0 Å². The average molecular weight is 354 g/mol. The molecule has 3 N–H and O–H groups in total. The summed E-state index contributed by atoms with van der Waals surface area (Å²) in [4.78, 5) is 23.1. The third-order valence-electron chi connectivity index (χ3n) is 4.12. The first-order valence-corrected chi connectivity index (χ1v) is 8.18. The standard InChI is InChI=1S/C21H14N4O2/c26-21(25-27)16-7-5-15(6-8-16)18-10-19-17(12-23-20(19)24-13-18)4-3-14-2-1-9-22-11-14/h1-2,5-13,27H,(H,23,24)(H,25,26). The Bertz CT molecular complexity index is 1170. The zero-order valence-electron chi connectivity index (χ0n) is 14.1. The van der Waals surface area contributed by atoms with Gasteiger partial charge >= 0.3 is 0 Å². The van der Waals surface area contributed by atoms with E-state index >= 15 is 0 Å². The van der Waals surface area contributed by atoms with Gasteiger partial charge < -0.3 is 4.98 Å². The number of hydrogen-bond donors (Lipinski definition) is 3. The molecule has 0 atom stereocenters. The zero-order valence-corrected chi connectivity index (χ0v) is 14.1. The number of nitrogens with one attached hydrogen (secondary N) is 2. The highest BCUT2D eigenvalue weighted by Gasteiger charge is 2.08. The third kappa shape index (κ3) is 3.40. The molecule has 3 heterocycles. The number of pyridine rings is 2. The van der Waals surface area contributed by atoms with Crippen LogP contribution in [0.4, 0.5) is 0 Å². The number of rotatable bonds is 2. The van der Waals surface area contributed by atoms with Gasteiger partial charge in [0.2, 0.25) is 0 Å². The molecule has 4 rings (SSSR count). The Morgan fingerprint density at radius 2 is 1.93 bits per heavy atom. The van der Waals surface area contributed by atoms with E-state index in [1.54, 1.807) is 48.3 Å². The van der Waals surface area contributed by atoms with Crippen LogP contribution in [0, 0.1) is 11.8 Å². The molecule has 0 unspecified atom stereocenters. The van der Waals surface area contributed by atoms with E-state index in [0.29, 0.717) is 5.56 Å². The highest BCUT2D eigenvalue weighted by molar-refractivity contribution is 5.94. The Hall–Kier alpha value is -3.95. The molecule has 0 aliphatic rings. The number of H-pyrrole nitrogens is 1. The summed E-state index contributed by atoms with van der Waals surface area (Å²) >= 11 is 0. The number of hydrogen-bond acceptors (Lipinski definition) is 4. The maximum Gasteiger partial charge on any atom is 0.274 e. The molecule has 0 aliphatic heterocycles. The van der Waals surface area contributed by atoms with E-state index in [4.69, 9.17) is 5.21 Å². The summed E-state index contributed by atoms with van der Waals surface area (Å²) in [5, 5.41) is 9.62. The topological polar surface area (TPSA) is 90.9 Å². The minimum absolute atomic E-state index is 0.375. The molecule has 3 aromatic heterocycles. The molecule has 4 aromatic rings. The molecule has 0 saturated carbocycles. The van der Waals surface area contributed by atoms with Gasteiger partial charge in [0.15, 0.2) is 0 Å². The van der Waals surface area contributed by atoms with Crippen LogP contribution in [0.1, 0.15) is 21.5 Å². The number of carbonyl (C=O) groups excluding carboxylic acids is 1. The number of benzene rings is 1. The molecular weight excluding hydrogens is 340 g/mol. The normalized spacial score (nSPS) is 10.3. The smallest absolute Gasteiger partial charge is 0.274 e. The summed E-state index contributed by atoms with van der Waals surface area (Å²) in [7, 11) is 0. The van der Waals surface area contributed by atoms with Crippen molar-refractivity contribution in [2.45, 2.75) is 0 Å². The van der Waals surface area contributed by atoms with Crippen molar-refractivity contribution in [1.29, 1.82) is 0 Å². The lowest BCUT2D eigenvalue weighted by Crippen LogP contribution is -2.18.